The number of hydrogen-bond acceptors (Lipinski definition) is 17. The fourth-order valence-electron chi connectivity index (χ4n) is 11.3. The van der Waals surface area contributed by atoms with E-state index < -0.39 is 61.2 Å². The molecule has 0 aliphatic carbocycles. The van der Waals surface area contributed by atoms with Crippen molar-refractivity contribution in [2.75, 3.05) is 125 Å². The lowest BCUT2D eigenvalue weighted by Crippen LogP contribution is -2.52. The number of nitrogens with one attached hydrogen (secondary N) is 4. The second kappa shape index (κ2) is 39.3. The number of hydrogen-bond donors (Lipinski definition) is 5. The van der Waals surface area contributed by atoms with Gasteiger partial charge in [-0.3, -0.25) is 67.7 Å². The van der Waals surface area contributed by atoms with Gasteiger partial charge < -0.3 is 50.4 Å². The van der Waals surface area contributed by atoms with Gasteiger partial charge >= 0.3 is 5.97 Å². The van der Waals surface area contributed by atoms with Gasteiger partial charge in [0, 0.05) is 113 Å². The summed E-state index contributed by atoms with van der Waals surface area (Å²) in [5, 5.41) is 21.6. The highest BCUT2D eigenvalue weighted by Gasteiger charge is 2.46. The fourth-order valence-corrected chi connectivity index (χ4v) is 11.7. The molecule has 3 aliphatic rings. The number of carboxylic acid groups (broad SMARTS) is 1. The van der Waals surface area contributed by atoms with Crippen molar-refractivity contribution < 1.29 is 71.2 Å². The van der Waals surface area contributed by atoms with Crippen LogP contribution in [0.3, 0.4) is 0 Å². The second-order valence-corrected chi connectivity index (χ2v) is 24.6. The van der Waals surface area contributed by atoms with E-state index >= 15 is 0 Å². The van der Waals surface area contributed by atoms with E-state index in [-0.39, 0.29) is 62.8 Å². The predicted molar refractivity (Wildman–Crippen MR) is 342 cm³/mol. The van der Waals surface area contributed by atoms with E-state index in [9.17, 15) is 57.0 Å². The SMILES string of the molecule is C#C[C@H]1CC(F)(F)CN1C(=O)CNC(=O)c1ccnc2ccc(OCCCCC3CCN(C(=O)CCCCCNC(=O)[C@H](CCCNC(=O)CCCc4ccc(I)cc4)NC(=O)CN4CCN(COC=O)CCN(COC=O)CCN(CC(=O)O)CC4)CC3)cc12. The molecule has 4 heterocycles. The molecular weight excluding hydrogens is 1300 g/mol. The zero-order valence-electron chi connectivity index (χ0n) is 51.8. The summed E-state index contributed by atoms with van der Waals surface area (Å²) < 4.78 is 45.2. The van der Waals surface area contributed by atoms with Gasteiger partial charge in [-0.15, -0.1) is 6.42 Å². The predicted octanol–water partition coefficient (Wildman–Crippen LogP) is 3.87. The third kappa shape index (κ3) is 26.6. The number of alkyl halides is 2. The van der Waals surface area contributed by atoms with Crippen molar-refractivity contribution in [3.63, 3.8) is 0 Å². The Kier molecular flexibility index (Phi) is 31.5. The molecule has 3 saturated heterocycles. The summed E-state index contributed by atoms with van der Waals surface area (Å²) in [6.45, 7) is 4.27. The molecule has 1 aromatic heterocycles. The van der Waals surface area contributed by atoms with E-state index in [1.807, 2.05) is 43.9 Å². The topological polar surface area (TPSA) is 282 Å². The summed E-state index contributed by atoms with van der Waals surface area (Å²) in [7, 11) is 0. The molecule has 0 saturated carbocycles. The first-order valence-electron chi connectivity index (χ1n) is 31.4. The van der Waals surface area contributed by atoms with Gasteiger partial charge in [-0.2, -0.15) is 0 Å². The molecule has 3 fully saturated rings. The normalized spacial score (nSPS) is 17.5. The van der Waals surface area contributed by atoms with Crippen molar-refractivity contribution in [2.45, 2.75) is 114 Å². The summed E-state index contributed by atoms with van der Waals surface area (Å²) in [6.07, 6.45) is 15.5. The Morgan fingerprint density at radius 1 is 0.736 bits per heavy atom. The highest BCUT2D eigenvalue weighted by molar-refractivity contribution is 14.1. The molecule has 2 aromatic carbocycles. The van der Waals surface area contributed by atoms with Crippen molar-refractivity contribution in [1.82, 2.24) is 55.7 Å². The Balaban J connectivity index is 0.907. The molecule has 0 bridgehead atoms. The number of pyridine rings is 1. The van der Waals surface area contributed by atoms with E-state index in [4.69, 9.17) is 20.6 Å². The maximum absolute atomic E-state index is 14.0. The van der Waals surface area contributed by atoms with Gasteiger partial charge in [0.25, 0.3) is 24.8 Å². The highest BCUT2D eigenvalue weighted by Crippen LogP contribution is 2.32. The number of aliphatic carboxylic acids is 1. The number of amides is 6. The van der Waals surface area contributed by atoms with Crippen LogP contribution in [0.1, 0.15) is 106 Å². The van der Waals surface area contributed by atoms with Crippen molar-refractivity contribution in [1.29, 1.82) is 0 Å². The quantitative estimate of drug-likeness (QED) is 0.0242. The lowest BCUT2D eigenvalue weighted by Gasteiger charge is -2.33. The molecule has 24 nitrogen and oxygen atoms in total. The molecular formula is C64H88F2IN11O13. The Morgan fingerprint density at radius 3 is 2.05 bits per heavy atom. The van der Waals surface area contributed by atoms with E-state index in [1.54, 1.807) is 23.1 Å². The van der Waals surface area contributed by atoms with Crippen molar-refractivity contribution in [3.05, 3.63) is 69.4 Å². The molecule has 0 unspecified atom stereocenters. The third-order valence-electron chi connectivity index (χ3n) is 16.5. The average molecular weight is 1380 g/mol. The molecule has 5 N–H and O–H groups in total. The largest absolute Gasteiger partial charge is 0.494 e. The maximum atomic E-state index is 14.0. The van der Waals surface area contributed by atoms with Crippen LogP contribution in [-0.4, -0.2) is 237 Å². The van der Waals surface area contributed by atoms with Crippen molar-refractivity contribution >= 4 is 87.9 Å². The van der Waals surface area contributed by atoms with Crippen LogP contribution in [0.5, 0.6) is 5.75 Å². The minimum absolute atomic E-state index is 0.00349. The molecule has 0 radical (unpaired) electrons. The smallest absolute Gasteiger partial charge is 0.317 e. The summed E-state index contributed by atoms with van der Waals surface area (Å²) in [6, 6.07) is 12.9. The molecule has 6 rings (SSSR count). The standard InChI is InChI=1S/C64H88F2IN11O13/c1-2-51-39-64(65,66)43-78(51)60(84)40-71-62(87)53-21-26-68-55-20-19-52(38-54(53)55)91-37-7-5-10-49-22-27-77(28-23-49)59(83)14-4-3-6-24-70-63(88)56(12-9-25-69-57(81)13-8-11-48-15-17-50(67)18-16-48)72-58(82)41-73-29-30-74(42-61(85)86)32-34-76(45-90-47-80)36-35-75(33-31-73)44-89-46-79/h1,15-21,26,38,46-47,49,51,56H,3-14,22-25,27-37,39-45H2,(H,69,81)(H,70,88)(H,71,87)(H,72,82)(H,85,86)/t51-,56-/m0/s1. The van der Waals surface area contributed by atoms with Crippen LogP contribution in [0.2, 0.25) is 0 Å². The maximum Gasteiger partial charge on any atom is 0.317 e. The van der Waals surface area contributed by atoms with Crippen LogP contribution in [0.15, 0.2) is 54.7 Å². The first kappa shape index (κ1) is 72.9. The van der Waals surface area contributed by atoms with E-state index in [1.165, 1.54) is 12.3 Å². The third-order valence-corrected chi connectivity index (χ3v) is 17.2. The average Bonchev–Trinajstić information content (AvgIpc) is 2.32. The summed E-state index contributed by atoms with van der Waals surface area (Å²) in [5.41, 5.74) is 1.94. The number of likely N-dealkylation sites (tertiary alicyclic amines) is 2. The van der Waals surface area contributed by atoms with Crippen LogP contribution in [0, 0.1) is 21.8 Å². The Hall–Kier alpha value is -7.13. The number of rotatable bonds is 35. The molecule has 0 spiro atoms. The lowest BCUT2D eigenvalue weighted by atomic mass is 9.91. The van der Waals surface area contributed by atoms with Gasteiger partial charge in [-0.05, 0) is 135 Å². The van der Waals surface area contributed by atoms with Crippen LogP contribution in [0.4, 0.5) is 8.78 Å². The number of fused-ring (bicyclic) bond motifs is 1. The Bertz CT molecular complexity index is 2900. The number of aromatic nitrogens is 1. The van der Waals surface area contributed by atoms with E-state index in [0.717, 1.165) is 52.6 Å². The molecule has 2 atom stereocenters. The summed E-state index contributed by atoms with van der Waals surface area (Å²) in [5.74, 6) is -2.92. The van der Waals surface area contributed by atoms with E-state index in [0.29, 0.717) is 159 Å². The van der Waals surface area contributed by atoms with Crippen molar-refractivity contribution in [2.24, 2.45) is 5.92 Å². The van der Waals surface area contributed by atoms with Gasteiger partial charge in [-0.25, -0.2) is 8.78 Å². The first-order chi connectivity index (χ1) is 43.9. The molecule has 91 heavy (non-hydrogen) atoms. The lowest BCUT2D eigenvalue weighted by molar-refractivity contribution is -0.139. The number of carbonyl (C=O) groups is 9. The van der Waals surface area contributed by atoms with Crippen molar-refractivity contribution in [3.8, 4) is 18.1 Å². The number of carbonyl (C=O) groups excluding carboxylic acids is 8. The number of terminal acetylenes is 1. The number of aryl methyl sites for hydroxylation is 1. The van der Waals surface area contributed by atoms with E-state index in [2.05, 4.69) is 54.8 Å². The van der Waals surface area contributed by atoms with Crippen LogP contribution < -0.4 is 26.0 Å². The number of carboxylic acids is 1. The number of benzene rings is 2. The summed E-state index contributed by atoms with van der Waals surface area (Å²) in [4.78, 5) is 128. The monoisotopic (exact) mass is 1380 g/mol. The van der Waals surface area contributed by atoms with Gasteiger partial charge in [-0.1, -0.05) is 30.9 Å². The zero-order chi connectivity index (χ0) is 65.4. The van der Waals surface area contributed by atoms with Gasteiger partial charge in [0.05, 0.1) is 49.9 Å². The Labute approximate surface area is 544 Å². The minimum atomic E-state index is -3.09. The zero-order valence-corrected chi connectivity index (χ0v) is 54.0. The molecule has 27 heteroatoms. The molecule has 3 aliphatic heterocycles. The highest BCUT2D eigenvalue weighted by atomic mass is 127. The van der Waals surface area contributed by atoms with Crippen LogP contribution >= 0.6 is 22.6 Å². The molecule has 6 amide bonds. The molecule has 3 aromatic rings. The number of unbranched alkanes of at least 4 members (excludes halogenated alkanes) is 3. The first-order valence-corrected chi connectivity index (χ1v) is 32.5. The van der Waals surface area contributed by atoms with Gasteiger partial charge in [0.15, 0.2) is 0 Å². The number of piperidine rings is 1. The second-order valence-electron chi connectivity index (χ2n) is 23.3. The van der Waals surface area contributed by atoms with Gasteiger partial charge in [0.2, 0.25) is 29.5 Å². The number of nitrogens with zero attached hydrogens (tertiary/aromatic N) is 7. The number of halogens is 3. The molecule has 498 valence electrons. The van der Waals surface area contributed by atoms with Crippen LogP contribution in [-0.2, 0) is 54.3 Å². The fraction of sp³-hybridized carbons (Fsp3) is 0.594. The van der Waals surface area contributed by atoms with Gasteiger partial charge in [0.1, 0.15) is 25.3 Å². The Morgan fingerprint density at radius 2 is 1.40 bits per heavy atom. The minimum Gasteiger partial charge on any atom is -0.494 e. The number of ether oxygens (including phenoxy) is 3. The summed E-state index contributed by atoms with van der Waals surface area (Å²) >= 11 is 2.25. The van der Waals surface area contributed by atoms with Crippen LogP contribution in [0.25, 0.3) is 10.9 Å².